The fourth-order valence-corrected chi connectivity index (χ4v) is 1.71. The summed E-state index contributed by atoms with van der Waals surface area (Å²) in [5.74, 6) is 0.00224. The predicted octanol–water partition coefficient (Wildman–Crippen LogP) is -0.170. The van der Waals surface area contributed by atoms with Crippen LogP contribution >= 0.6 is 0 Å². The van der Waals surface area contributed by atoms with E-state index in [2.05, 4.69) is 9.97 Å². The zero-order chi connectivity index (χ0) is 11.5. The maximum Gasteiger partial charge on any atom is 0.316 e. The third kappa shape index (κ3) is 1.96. The largest absolute Gasteiger partial charge is 0.467 e. The average molecular weight is 223 g/mol. The van der Waals surface area contributed by atoms with Crippen molar-refractivity contribution in [1.29, 1.82) is 0 Å². The molecule has 6 nitrogen and oxygen atoms in total. The van der Waals surface area contributed by atoms with Gasteiger partial charge >= 0.3 is 6.01 Å². The lowest BCUT2D eigenvalue weighted by Gasteiger charge is -2.15. The lowest BCUT2D eigenvalue weighted by atomic mass is 10.1. The number of rotatable bonds is 3. The van der Waals surface area contributed by atoms with Gasteiger partial charge in [-0.1, -0.05) is 0 Å². The zero-order valence-electron chi connectivity index (χ0n) is 8.96. The fourth-order valence-electron chi connectivity index (χ4n) is 1.71. The van der Waals surface area contributed by atoms with Crippen LogP contribution in [0.2, 0.25) is 0 Å². The first-order valence-corrected chi connectivity index (χ1v) is 5.02. The van der Waals surface area contributed by atoms with Gasteiger partial charge in [-0.2, -0.15) is 0 Å². The van der Waals surface area contributed by atoms with Crippen molar-refractivity contribution in [2.24, 2.45) is 5.92 Å². The summed E-state index contributed by atoms with van der Waals surface area (Å²) in [6, 6.07) is 0.272. The van der Waals surface area contributed by atoms with E-state index >= 15 is 0 Å². The van der Waals surface area contributed by atoms with Gasteiger partial charge in [0, 0.05) is 25.5 Å². The van der Waals surface area contributed by atoms with E-state index in [1.54, 1.807) is 17.3 Å². The summed E-state index contributed by atoms with van der Waals surface area (Å²) in [5, 5.41) is 9.00. The number of amides is 1. The van der Waals surface area contributed by atoms with Crippen molar-refractivity contribution in [1.82, 2.24) is 9.97 Å². The molecule has 0 aromatic carbocycles. The molecule has 1 unspecified atom stereocenters. The van der Waals surface area contributed by atoms with Crippen LogP contribution in [-0.4, -0.2) is 41.2 Å². The maximum atomic E-state index is 11.6. The minimum Gasteiger partial charge on any atom is -0.467 e. The highest BCUT2D eigenvalue weighted by molar-refractivity contribution is 5.95. The second-order valence-corrected chi connectivity index (χ2v) is 3.69. The molecule has 0 bridgehead atoms. The number of aliphatic hydroxyl groups is 1. The molecule has 1 atom stereocenters. The van der Waals surface area contributed by atoms with E-state index in [4.69, 9.17) is 9.84 Å². The summed E-state index contributed by atoms with van der Waals surface area (Å²) in [6.07, 6.45) is 3.47. The normalized spacial score (nSPS) is 20.2. The van der Waals surface area contributed by atoms with Crippen LogP contribution in [0.15, 0.2) is 12.4 Å². The van der Waals surface area contributed by atoms with E-state index in [1.165, 1.54) is 7.11 Å². The molecule has 86 valence electrons. The third-order valence-corrected chi connectivity index (χ3v) is 2.57. The Labute approximate surface area is 92.9 Å². The van der Waals surface area contributed by atoms with E-state index in [0.717, 1.165) is 0 Å². The molecule has 1 saturated heterocycles. The predicted molar refractivity (Wildman–Crippen MR) is 56.1 cm³/mol. The summed E-state index contributed by atoms with van der Waals surface area (Å²) < 4.78 is 4.84. The van der Waals surface area contributed by atoms with Crippen LogP contribution < -0.4 is 9.64 Å². The summed E-state index contributed by atoms with van der Waals surface area (Å²) in [4.78, 5) is 21.1. The van der Waals surface area contributed by atoms with Crippen molar-refractivity contribution < 1.29 is 14.6 Å². The van der Waals surface area contributed by atoms with Gasteiger partial charge in [0.25, 0.3) is 0 Å². The lowest BCUT2D eigenvalue weighted by Crippen LogP contribution is -2.25. The maximum absolute atomic E-state index is 11.6. The van der Waals surface area contributed by atoms with Gasteiger partial charge in [-0.15, -0.1) is 0 Å². The molecule has 0 aliphatic carbocycles. The van der Waals surface area contributed by atoms with Crippen molar-refractivity contribution in [2.45, 2.75) is 6.42 Å². The molecule has 1 aromatic heterocycles. The van der Waals surface area contributed by atoms with Crippen molar-refractivity contribution in [3.63, 3.8) is 0 Å². The molecule has 6 heteroatoms. The first kappa shape index (κ1) is 10.8. The zero-order valence-corrected chi connectivity index (χ0v) is 8.96. The number of carbonyl (C=O) groups is 1. The molecule has 16 heavy (non-hydrogen) atoms. The molecule has 1 amide bonds. The Bertz CT molecular complexity index is 379. The van der Waals surface area contributed by atoms with Gasteiger partial charge < -0.3 is 14.7 Å². The molecule has 0 radical (unpaired) electrons. The molecule has 2 rings (SSSR count). The fraction of sp³-hybridized carbons (Fsp3) is 0.500. The van der Waals surface area contributed by atoms with Gasteiger partial charge in [0.05, 0.1) is 25.2 Å². The van der Waals surface area contributed by atoms with Crippen LogP contribution in [0.3, 0.4) is 0 Å². The number of hydrogen-bond donors (Lipinski definition) is 1. The van der Waals surface area contributed by atoms with Crippen LogP contribution in [0.1, 0.15) is 6.42 Å². The molecular weight excluding hydrogens is 210 g/mol. The average Bonchev–Trinajstić information content (AvgIpc) is 2.71. The molecule has 2 heterocycles. The second kappa shape index (κ2) is 4.44. The Morgan fingerprint density at radius 3 is 2.75 bits per heavy atom. The van der Waals surface area contributed by atoms with E-state index in [-0.39, 0.29) is 24.4 Å². The Morgan fingerprint density at radius 1 is 1.56 bits per heavy atom. The van der Waals surface area contributed by atoms with Crippen molar-refractivity contribution in [3.05, 3.63) is 12.4 Å². The molecule has 1 aliphatic rings. The van der Waals surface area contributed by atoms with E-state index in [0.29, 0.717) is 18.7 Å². The second-order valence-electron chi connectivity index (χ2n) is 3.69. The summed E-state index contributed by atoms with van der Waals surface area (Å²) in [5.41, 5.74) is 0.641. The smallest absolute Gasteiger partial charge is 0.316 e. The van der Waals surface area contributed by atoms with Crippen molar-refractivity contribution in [2.75, 3.05) is 25.2 Å². The van der Waals surface area contributed by atoms with Crippen LogP contribution in [0.4, 0.5) is 5.69 Å². The SMILES string of the molecule is COc1ncc(N2CC(CO)CC2=O)cn1. The first-order chi connectivity index (χ1) is 7.74. The van der Waals surface area contributed by atoms with Crippen LogP contribution in [0, 0.1) is 5.92 Å². The van der Waals surface area contributed by atoms with Gasteiger partial charge in [-0.05, 0) is 0 Å². The number of hydrogen-bond acceptors (Lipinski definition) is 5. The van der Waals surface area contributed by atoms with Crippen molar-refractivity contribution in [3.8, 4) is 6.01 Å². The quantitative estimate of drug-likeness (QED) is 0.770. The lowest BCUT2D eigenvalue weighted by molar-refractivity contribution is -0.117. The third-order valence-electron chi connectivity index (χ3n) is 2.57. The highest BCUT2D eigenvalue weighted by Gasteiger charge is 2.30. The van der Waals surface area contributed by atoms with E-state index < -0.39 is 0 Å². The molecule has 1 aliphatic heterocycles. The molecule has 0 saturated carbocycles. The summed E-state index contributed by atoms with van der Waals surface area (Å²) in [6.45, 7) is 0.546. The topological polar surface area (TPSA) is 75.6 Å². The number of methoxy groups -OCH3 is 1. The monoisotopic (exact) mass is 223 g/mol. The molecular formula is C10H13N3O3. The minimum atomic E-state index is -0.00665. The van der Waals surface area contributed by atoms with Crippen LogP contribution in [0.25, 0.3) is 0 Å². The first-order valence-electron chi connectivity index (χ1n) is 5.02. The Morgan fingerprint density at radius 2 is 2.25 bits per heavy atom. The minimum absolute atomic E-state index is 0.00665. The van der Waals surface area contributed by atoms with Gasteiger partial charge in [-0.25, -0.2) is 9.97 Å². The number of ether oxygens (including phenoxy) is 1. The van der Waals surface area contributed by atoms with E-state index in [9.17, 15) is 4.79 Å². The number of aliphatic hydroxyl groups excluding tert-OH is 1. The Balaban J connectivity index is 2.15. The van der Waals surface area contributed by atoms with Crippen LogP contribution in [-0.2, 0) is 4.79 Å². The molecule has 1 fully saturated rings. The molecule has 1 N–H and O–H groups in total. The number of aromatic nitrogens is 2. The molecule has 0 spiro atoms. The van der Waals surface area contributed by atoms with E-state index in [1.807, 2.05) is 0 Å². The Hall–Kier alpha value is -1.69. The van der Waals surface area contributed by atoms with Gasteiger partial charge in [0.15, 0.2) is 0 Å². The number of carbonyl (C=O) groups excluding carboxylic acids is 1. The number of nitrogens with zero attached hydrogens (tertiary/aromatic N) is 3. The standard InChI is InChI=1S/C10H13N3O3/c1-16-10-11-3-8(4-12-10)13-5-7(6-14)2-9(13)15/h3-4,7,14H,2,5-6H2,1H3. The summed E-state index contributed by atoms with van der Waals surface area (Å²) >= 11 is 0. The molecule has 1 aromatic rings. The summed E-state index contributed by atoms with van der Waals surface area (Å²) in [7, 11) is 1.48. The highest BCUT2D eigenvalue weighted by Crippen LogP contribution is 2.23. The van der Waals surface area contributed by atoms with Crippen LogP contribution in [0.5, 0.6) is 6.01 Å². The Kier molecular flexibility index (Phi) is 3.00. The van der Waals surface area contributed by atoms with Gasteiger partial charge in [-0.3, -0.25) is 4.79 Å². The van der Waals surface area contributed by atoms with Gasteiger partial charge in [0.2, 0.25) is 5.91 Å². The van der Waals surface area contributed by atoms with Crippen molar-refractivity contribution >= 4 is 11.6 Å². The highest BCUT2D eigenvalue weighted by atomic mass is 16.5. The number of anilines is 1. The van der Waals surface area contributed by atoms with Gasteiger partial charge in [0.1, 0.15) is 0 Å².